The van der Waals surface area contributed by atoms with Crippen LogP contribution in [0.2, 0.25) is 5.02 Å². The maximum Gasteiger partial charge on any atom is 0.254 e. The van der Waals surface area contributed by atoms with Crippen LogP contribution in [-0.4, -0.2) is 31.5 Å². The van der Waals surface area contributed by atoms with Gasteiger partial charge in [0.2, 0.25) is 0 Å². The zero-order valence-corrected chi connectivity index (χ0v) is 16.6. The number of nitrogens with zero attached hydrogens (tertiary/aromatic N) is 1. The fourth-order valence-electron chi connectivity index (χ4n) is 2.87. The van der Waals surface area contributed by atoms with Crippen LogP contribution in [0.25, 0.3) is 0 Å². The summed E-state index contributed by atoms with van der Waals surface area (Å²) in [4.78, 5) is 13.8. The number of carbonyl (C=O) groups excluding carboxylic acids is 1. The lowest BCUT2D eigenvalue weighted by molar-refractivity contribution is 0.0827. The van der Waals surface area contributed by atoms with E-state index in [0.29, 0.717) is 28.9 Å². The molecule has 1 atom stereocenters. The average molecular weight is 354 g/mol. The number of unbranched alkanes of at least 4 members (excludes halogenated alkanes) is 4. The van der Waals surface area contributed by atoms with Gasteiger partial charge in [0.05, 0.1) is 17.2 Å². The lowest BCUT2D eigenvalue weighted by Gasteiger charge is -2.20. The highest BCUT2D eigenvalue weighted by Crippen LogP contribution is 2.38. The largest absolute Gasteiger partial charge is 0.492 e. The van der Waals surface area contributed by atoms with E-state index in [-0.39, 0.29) is 5.91 Å². The highest BCUT2D eigenvalue weighted by atomic mass is 35.5. The third-order valence-electron chi connectivity index (χ3n) is 4.32. The Kier molecular flexibility index (Phi) is 9.20. The number of benzene rings is 1. The Bertz CT molecular complexity index is 529. The second-order valence-electron chi connectivity index (χ2n) is 6.58. The van der Waals surface area contributed by atoms with Gasteiger partial charge < -0.3 is 9.64 Å². The van der Waals surface area contributed by atoms with Crippen LogP contribution in [0.4, 0.5) is 0 Å². The highest BCUT2D eigenvalue weighted by molar-refractivity contribution is 6.35. The lowest BCUT2D eigenvalue weighted by Crippen LogP contribution is -2.22. The number of carbonyl (C=O) groups is 1. The van der Waals surface area contributed by atoms with Gasteiger partial charge in [0.15, 0.2) is 0 Å². The molecule has 1 rings (SSSR count). The van der Waals surface area contributed by atoms with E-state index in [4.69, 9.17) is 16.3 Å². The summed E-state index contributed by atoms with van der Waals surface area (Å²) in [6, 6.07) is 3.83. The second kappa shape index (κ2) is 10.6. The molecule has 3 nitrogen and oxygen atoms in total. The summed E-state index contributed by atoms with van der Waals surface area (Å²) in [7, 11) is 3.46. The molecule has 0 fully saturated rings. The highest BCUT2D eigenvalue weighted by Gasteiger charge is 2.21. The Labute approximate surface area is 152 Å². The molecule has 0 spiro atoms. The zero-order valence-electron chi connectivity index (χ0n) is 15.8. The first-order chi connectivity index (χ1) is 11.4. The van der Waals surface area contributed by atoms with E-state index in [1.807, 2.05) is 19.1 Å². The molecule has 0 radical (unpaired) electrons. The minimum atomic E-state index is -0.0975. The average Bonchev–Trinajstić information content (AvgIpc) is 2.55. The van der Waals surface area contributed by atoms with E-state index in [1.165, 1.54) is 37.0 Å². The lowest BCUT2D eigenvalue weighted by atomic mass is 9.92. The number of hydrogen-bond acceptors (Lipinski definition) is 2. The first-order valence-electron chi connectivity index (χ1n) is 9.10. The van der Waals surface area contributed by atoms with E-state index >= 15 is 0 Å². The third-order valence-corrected chi connectivity index (χ3v) is 4.70. The van der Waals surface area contributed by atoms with E-state index < -0.39 is 0 Å². The summed E-state index contributed by atoms with van der Waals surface area (Å²) in [6.45, 7) is 6.92. The number of hydrogen-bond donors (Lipinski definition) is 0. The molecule has 0 heterocycles. The van der Waals surface area contributed by atoms with Crippen LogP contribution in [0, 0.1) is 0 Å². The second-order valence-corrected chi connectivity index (χ2v) is 6.96. The molecule has 4 heteroatoms. The molecule has 0 aliphatic carbocycles. The van der Waals surface area contributed by atoms with Gasteiger partial charge in [-0.2, -0.15) is 0 Å². The molecular formula is C20H32ClNO2. The molecular weight excluding hydrogens is 322 g/mol. The fourth-order valence-corrected chi connectivity index (χ4v) is 3.17. The maximum atomic E-state index is 12.3. The summed E-state index contributed by atoms with van der Waals surface area (Å²) in [5, 5.41) is 0.436. The van der Waals surface area contributed by atoms with Crippen molar-refractivity contribution in [3.05, 3.63) is 28.3 Å². The van der Waals surface area contributed by atoms with Crippen molar-refractivity contribution in [3.8, 4) is 5.75 Å². The molecule has 1 aromatic rings. The smallest absolute Gasteiger partial charge is 0.254 e. The molecule has 136 valence electrons. The molecule has 0 bridgehead atoms. The number of rotatable bonds is 10. The van der Waals surface area contributed by atoms with Crippen molar-refractivity contribution in [1.82, 2.24) is 4.90 Å². The predicted octanol–water partition coefficient (Wildman–Crippen LogP) is 5.90. The number of halogens is 1. The Morgan fingerprint density at radius 1 is 1.17 bits per heavy atom. The van der Waals surface area contributed by atoms with Gasteiger partial charge in [-0.1, -0.05) is 63.6 Å². The minimum absolute atomic E-state index is 0.0975. The SMILES string of the molecule is CCCCCCCC(C)c1ccc(C(=O)N(C)C)c(Cl)c1OCC. The molecule has 0 aliphatic rings. The van der Waals surface area contributed by atoms with E-state index in [9.17, 15) is 4.79 Å². The summed E-state index contributed by atoms with van der Waals surface area (Å²) in [5.41, 5.74) is 1.61. The first kappa shape index (κ1) is 20.8. The summed E-state index contributed by atoms with van der Waals surface area (Å²) in [5.74, 6) is 0.946. The Morgan fingerprint density at radius 3 is 2.42 bits per heavy atom. The molecule has 0 aliphatic heterocycles. The van der Waals surface area contributed by atoms with E-state index in [1.54, 1.807) is 14.1 Å². The van der Waals surface area contributed by atoms with E-state index in [0.717, 1.165) is 12.0 Å². The summed E-state index contributed by atoms with van der Waals surface area (Å²) < 4.78 is 5.80. The van der Waals surface area contributed by atoms with Gasteiger partial charge in [-0.3, -0.25) is 4.79 Å². The molecule has 24 heavy (non-hydrogen) atoms. The van der Waals surface area contributed by atoms with Crippen molar-refractivity contribution >= 4 is 17.5 Å². The zero-order chi connectivity index (χ0) is 18.1. The van der Waals surface area contributed by atoms with Gasteiger partial charge in [-0.05, 0) is 30.9 Å². The van der Waals surface area contributed by atoms with Gasteiger partial charge in [-0.15, -0.1) is 0 Å². The monoisotopic (exact) mass is 353 g/mol. The molecule has 1 unspecified atom stereocenters. The van der Waals surface area contributed by atoms with E-state index in [2.05, 4.69) is 13.8 Å². The van der Waals surface area contributed by atoms with Gasteiger partial charge >= 0.3 is 0 Å². The van der Waals surface area contributed by atoms with Crippen LogP contribution >= 0.6 is 11.6 Å². The fraction of sp³-hybridized carbons (Fsp3) is 0.650. The van der Waals surface area contributed by atoms with Crippen molar-refractivity contribution in [2.24, 2.45) is 0 Å². The molecule has 0 saturated carbocycles. The number of ether oxygens (including phenoxy) is 1. The Hall–Kier alpha value is -1.22. The molecule has 1 amide bonds. The molecule has 0 N–H and O–H groups in total. The first-order valence-corrected chi connectivity index (χ1v) is 9.48. The van der Waals surface area contributed by atoms with Crippen LogP contribution in [0.1, 0.15) is 81.1 Å². The van der Waals surface area contributed by atoms with Gasteiger partial charge in [0.25, 0.3) is 5.91 Å². The number of amides is 1. The minimum Gasteiger partial charge on any atom is -0.492 e. The van der Waals surface area contributed by atoms with Gasteiger partial charge in [-0.25, -0.2) is 0 Å². The van der Waals surface area contributed by atoms with Gasteiger partial charge in [0.1, 0.15) is 5.75 Å². The normalized spacial score (nSPS) is 12.1. The quantitative estimate of drug-likeness (QED) is 0.490. The molecule has 0 aromatic heterocycles. The van der Waals surface area contributed by atoms with Crippen molar-refractivity contribution < 1.29 is 9.53 Å². The Morgan fingerprint density at radius 2 is 1.83 bits per heavy atom. The Balaban J connectivity index is 2.93. The summed E-state index contributed by atoms with van der Waals surface area (Å²) >= 11 is 6.51. The van der Waals surface area contributed by atoms with Crippen molar-refractivity contribution in [1.29, 1.82) is 0 Å². The van der Waals surface area contributed by atoms with Crippen molar-refractivity contribution in [2.75, 3.05) is 20.7 Å². The van der Waals surface area contributed by atoms with Gasteiger partial charge in [0, 0.05) is 14.1 Å². The topological polar surface area (TPSA) is 29.5 Å². The van der Waals surface area contributed by atoms with Crippen LogP contribution in [0.3, 0.4) is 0 Å². The predicted molar refractivity (Wildman–Crippen MR) is 102 cm³/mol. The van der Waals surface area contributed by atoms with Crippen LogP contribution in [0.15, 0.2) is 12.1 Å². The third kappa shape index (κ3) is 5.70. The standard InChI is InChI=1S/C20H32ClNO2/c1-6-8-9-10-11-12-15(3)16-13-14-17(20(23)22(4)5)18(21)19(16)24-7-2/h13-15H,6-12H2,1-5H3. The summed E-state index contributed by atoms with van der Waals surface area (Å²) in [6.07, 6.45) is 7.47. The van der Waals surface area contributed by atoms with Crippen LogP contribution in [-0.2, 0) is 0 Å². The molecule has 1 aromatic carbocycles. The van der Waals surface area contributed by atoms with Crippen LogP contribution < -0.4 is 4.74 Å². The van der Waals surface area contributed by atoms with Crippen molar-refractivity contribution in [3.63, 3.8) is 0 Å². The maximum absolute atomic E-state index is 12.3. The van der Waals surface area contributed by atoms with Crippen LogP contribution in [0.5, 0.6) is 5.75 Å². The molecule has 0 saturated heterocycles. The van der Waals surface area contributed by atoms with Crippen molar-refractivity contribution in [2.45, 2.75) is 65.2 Å².